The molecule has 1 aliphatic heterocycles. The molecule has 2 rings (SSSR count). The third kappa shape index (κ3) is 3.15. The molecular weight excluding hydrogens is 264 g/mol. The summed E-state index contributed by atoms with van der Waals surface area (Å²) in [6.07, 6.45) is 2.55. The van der Waals surface area contributed by atoms with Crippen molar-refractivity contribution in [1.29, 1.82) is 0 Å². The number of hydrogen-bond acceptors (Lipinski definition) is 2. The second kappa shape index (κ2) is 6.31. The van der Waals surface area contributed by atoms with Crippen LogP contribution < -0.4 is 0 Å². The van der Waals surface area contributed by atoms with Gasteiger partial charge in [0, 0.05) is 12.6 Å². The molecule has 1 aromatic carbocycles. The second-order valence-corrected chi connectivity index (χ2v) is 5.33. The Morgan fingerprint density at radius 1 is 1.45 bits per heavy atom. The van der Waals surface area contributed by atoms with Crippen LogP contribution >= 0.6 is 0 Å². The lowest BCUT2D eigenvalue weighted by Crippen LogP contribution is -2.45. The molecule has 1 N–H and O–H groups in total. The summed E-state index contributed by atoms with van der Waals surface area (Å²) in [5, 5.41) is 9.50. The number of amides is 1. The van der Waals surface area contributed by atoms with Crippen molar-refractivity contribution in [2.75, 3.05) is 6.54 Å². The average molecular weight is 283 g/mol. The SMILES string of the molecule is CC(O)CC1CCCCN1C(=O)c1cccc(F)c1F. The number of hydrogen-bond donors (Lipinski definition) is 1. The maximum absolute atomic E-state index is 13.7. The summed E-state index contributed by atoms with van der Waals surface area (Å²) in [6.45, 7) is 2.19. The van der Waals surface area contributed by atoms with Crippen LogP contribution in [0, 0.1) is 11.6 Å². The molecule has 0 aromatic heterocycles. The Balaban J connectivity index is 2.23. The quantitative estimate of drug-likeness (QED) is 0.926. The number of aliphatic hydroxyl groups is 1. The summed E-state index contributed by atoms with van der Waals surface area (Å²) in [6, 6.07) is 3.52. The first-order valence-corrected chi connectivity index (χ1v) is 6.93. The molecule has 0 bridgehead atoms. The van der Waals surface area contributed by atoms with E-state index in [0.717, 1.165) is 25.3 Å². The van der Waals surface area contributed by atoms with Crippen LogP contribution in [0.15, 0.2) is 18.2 Å². The number of piperidine rings is 1. The van der Waals surface area contributed by atoms with Crippen LogP contribution in [0.25, 0.3) is 0 Å². The van der Waals surface area contributed by atoms with Crippen molar-refractivity contribution in [3.05, 3.63) is 35.4 Å². The molecule has 20 heavy (non-hydrogen) atoms. The van der Waals surface area contributed by atoms with Gasteiger partial charge in [0.15, 0.2) is 11.6 Å². The molecule has 1 aromatic rings. The minimum atomic E-state index is -1.10. The Hall–Kier alpha value is -1.49. The fourth-order valence-electron chi connectivity index (χ4n) is 2.73. The molecule has 1 amide bonds. The number of halogens is 2. The topological polar surface area (TPSA) is 40.5 Å². The van der Waals surface area contributed by atoms with Gasteiger partial charge in [0.05, 0.1) is 11.7 Å². The maximum atomic E-state index is 13.7. The van der Waals surface area contributed by atoms with Gasteiger partial charge in [-0.3, -0.25) is 4.79 Å². The number of carbonyl (C=O) groups excluding carboxylic acids is 1. The molecule has 1 aliphatic rings. The van der Waals surface area contributed by atoms with Crippen LogP contribution in [0.3, 0.4) is 0 Å². The first kappa shape index (κ1) is 14.9. The molecule has 1 saturated heterocycles. The summed E-state index contributed by atoms with van der Waals surface area (Å²) in [5.41, 5.74) is -0.234. The molecule has 3 nitrogen and oxygen atoms in total. The predicted molar refractivity (Wildman–Crippen MR) is 71.3 cm³/mol. The predicted octanol–water partition coefficient (Wildman–Crippen LogP) is 2.73. The Labute approximate surface area is 117 Å². The van der Waals surface area contributed by atoms with Crippen molar-refractivity contribution in [2.45, 2.75) is 44.8 Å². The molecule has 0 spiro atoms. The number of nitrogens with zero attached hydrogens (tertiary/aromatic N) is 1. The molecule has 1 fully saturated rings. The third-order valence-electron chi connectivity index (χ3n) is 3.68. The molecule has 1 heterocycles. The molecule has 0 aliphatic carbocycles. The van der Waals surface area contributed by atoms with E-state index < -0.39 is 23.6 Å². The maximum Gasteiger partial charge on any atom is 0.257 e. The van der Waals surface area contributed by atoms with Crippen molar-refractivity contribution in [2.24, 2.45) is 0 Å². The van der Waals surface area contributed by atoms with Gasteiger partial charge in [0.2, 0.25) is 0 Å². The summed E-state index contributed by atoms with van der Waals surface area (Å²) < 4.78 is 27.0. The van der Waals surface area contributed by atoms with Gasteiger partial charge in [0.25, 0.3) is 5.91 Å². The van der Waals surface area contributed by atoms with Gasteiger partial charge in [0.1, 0.15) is 0 Å². The van der Waals surface area contributed by atoms with Crippen molar-refractivity contribution < 1.29 is 18.7 Å². The number of rotatable bonds is 3. The minimum Gasteiger partial charge on any atom is -0.393 e. The van der Waals surface area contributed by atoms with Gasteiger partial charge in [-0.25, -0.2) is 8.78 Å². The number of carbonyl (C=O) groups is 1. The van der Waals surface area contributed by atoms with E-state index >= 15 is 0 Å². The van der Waals surface area contributed by atoms with E-state index in [1.54, 1.807) is 11.8 Å². The summed E-state index contributed by atoms with van der Waals surface area (Å²) in [5.74, 6) is -2.61. The van der Waals surface area contributed by atoms with E-state index in [-0.39, 0.29) is 11.6 Å². The highest BCUT2D eigenvalue weighted by atomic mass is 19.2. The van der Waals surface area contributed by atoms with E-state index in [2.05, 4.69) is 0 Å². The van der Waals surface area contributed by atoms with E-state index in [1.807, 2.05) is 0 Å². The normalized spacial score (nSPS) is 20.8. The zero-order valence-electron chi connectivity index (χ0n) is 11.5. The Morgan fingerprint density at radius 3 is 2.90 bits per heavy atom. The number of likely N-dealkylation sites (tertiary alicyclic amines) is 1. The molecule has 2 unspecified atom stereocenters. The zero-order chi connectivity index (χ0) is 14.7. The van der Waals surface area contributed by atoms with Crippen LogP contribution in [0.1, 0.15) is 43.0 Å². The van der Waals surface area contributed by atoms with Crippen LogP contribution in [-0.2, 0) is 0 Å². The third-order valence-corrected chi connectivity index (χ3v) is 3.68. The summed E-state index contributed by atoms with van der Waals surface area (Å²) in [4.78, 5) is 14.0. The van der Waals surface area contributed by atoms with Crippen LogP contribution in [0.5, 0.6) is 0 Å². The Kier molecular flexibility index (Phi) is 4.70. The Bertz CT molecular complexity index is 491. The monoisotopic (exact) mass is 283 g/mol. The van der Waals surface area contributed by atoms with Crippen molar-refractivity contribution in [1.82, 2.24) is 4.90 Å². The number of benzene rings is 1. The van der Waals surface area contributed by atoms with Gasteiger partial charge < -0.3 is 10.0 Å². The summed E-state index contributed by atoms with van der Waals surface area (Å²) in [7, 11) is 0. The molecule has 0 saturated carbocycles. The fraction of sp³-hybridized carbons (Fsp3) is 0.533. The number of aliphatic hydroxyl groups excluding tert-OH is 1. The lowest BCUT2D eigenvalue weighted by molar-refractivity contribution is 0.0509. The minimum absolute atomic E-state index is 0.112. The molecule has 2 atom stereocenters. The largest absolute Gasteiger partial charge is 0.393 e. The highest BCUT2D eigenvalue weighted by Crippen LogP contribution is 2.24. The van der Waals surface area contributed by atoms with Crippen LogP contribution in [-0.4, -0.2) is 34.6 Å². The average Bonchev–Trinajstić information content (AvgIpc) is 2.41. The van der Waals surface area contributed by atoms with Gasteiger partial charge in [-0.1, -0.05) is 6.07 Å². The van der Waals surface area contributed by atoms with Crippen LogP contribution in [0.2, 0.25) is 0 Å². The summed E-state index contributed by atoms with van der Waals surface area (Å²) >= 11 is 0. The van der Waals surface area contributed by atoms with E-state index in [0.29, 0.717) is 13.0 Å². The smallest absolute Gasteiger partial charge is 0.257 e. The first-order chi connectivity index (χ1) is 9.50. The molecule has 0 radical (unpaired) electrons. The van der Waals surface area contributed by atoms with Gasteiger partial charge >= 0.3 is 0 Å². The van der Waals surface area contributed by atoms with E-state index in [4.69, 9.17) is 0 Å². The molecular formula is C15H19F2NO2. The van der Waals surface area contributed by atoms with Crippen molar-refractivity contribution in [3.63, 3.8) is 0 Å². The van der Waals surface area contributed by atoms with Gasteiger partial charge in [-0.15, -0.1) is 0 Å². The molecule has 110 valence electrons. The Morgan fingerprint density at radius 2 is 2.20 bits per heavy atom. The zero-order valence-corrected chi connectivity index (χ0v) is 11.5. The van der Waals surface area contributed by atoms with E-state index in [9.17, 15) is 18.7 Å². The van der Waals surface area contributed by atoms with Crippen molar-refractivity contribution in [3.8, 4) is 0 Å². The van der Waals surface area contributed by atoms with Crippen LogP contribution in [0.4, 0.5) is 8.78 Å². The lowest BCUT2D eigenvalue weighted by Gasteiger charge is -2.36. The highest BCUT2D eigenvalue weighted by molar-refractivity contribution is 5.94. The highest BCUT2D eigenvalue weighted by Gasteiger charge is 2.30. The molecule has 5 heteroatoms. The lowest BCUT2D eigenvalue weighted by atomic mass is 9.96. The standard InChI is InChI=1S/C15H19F2NO2/c1-10(19)9-11-5-2-3-8-18(11)15(20)12-6-4-7-13(16)14(12)17/h4,6-7,10-11,19H,2-3,5,8-9H2,1H3. The van der Waals surface area contributed by atoms with Gasteiger partial charge in [-0.05, 0) is 44.7 Å². The second-order valence-electron chi connectivity index (χ2n) is 5.33. The first-order valence-electron chi connectivity index (χ1n) is 6.93. The van der Waals surface area contributed by atoms with Crippen molar-refractivity contribution >= 4 is 5.91 Å². The fourth-order valence-corrected chi connectivity index (χ4v) is 2.73. The van der Waals surface area contributed by atoms with Gasteiger partial charge in [-0.2, -0.15) is 0 Å². The van der Waals surface area contributed by atoms with E-state index in [1.165, 1.54) is 12.1 Å².